The zero-order valence-corrected chi connectivity index (χ0v) is 12.7. The largest absolute Gasteiger partial charge is 0.292 e. The monoisotopic (exact) mass is 347 g/mol. The van der Waals surface area contributed by atoms with Crippen molar-refractivity contribution in [1.29, 1.82) is 5.26 Å². The third-order valence-corrected chi connectivity index (χ3v) is 4.40. The number of hydrogen-bond acceptors (Lipinski definition) is 3. The molecule has 1 atom stereocenters. The summed E-state index contributed by atoms with van der Waals surface area (Å²) in [5, 5.41) is 9.22. The maximum Gasteiger partial charge on any atom is 0.186 e. The Labute approximate surface area is 133 Å². The molecule has 1 unspecified atom stereocenters. The van der Waals surface area contributed by atoms with Crippen LogP contribution in [0.2, 0.25) is 13.7 Å². The average Bonchev–Trinajstić information content (AvgIpc) is 2.71. The molecule has 2 aromatic rings. The molecule has 2 rings (SSSR count). The zero-order chi connectivity index (χ0) is 14.9. The van der Waals surface area contributed by atoms with Crippen molar-refractivity contribution < 1.29 is 9.18 Å². The fourth-order valence-electron chi connectivity index (χ4n) is 1.67. The predicted molar refractivity (Wildman–Crippen MR) is 78.4 cm³/mol. The van der Waals surface area contributed by atoms with Crippen molar-refractivity contribution in [2.24, 2.45) is 0 Å². The number of carbonyl (C=O) groups is 1. The smallest absolute Gasteiger partial charge is 0.186 e. The Kier molecular flexibility index (Phi) is 4.66. The van der Waals surface area contributed by atoms with Gasteiger partial charge >= 0.3 is 0 Å². The summed E-state index contributed by atoms with van der Waals surface area (Å²) in [4.78, 5) is 12.3. The van der Waals surface area contributed by atoms with Gasteiger partial charge in [-0.05, 0) is 23.8 Å². The summed E-state index contributed by atoms with van der Waals surface area (Å²) in [6.07, 6.45) is 0. The van der Waals surface area contributed by atoms with Gasteiger partial charge in [-0.25, -0.2) is 4.39 Å². The Morgan fingerprint density at radius 1 is 1.30 bits per heavy atom. The molecule has 0 fully saturated rings. The van der Waals surface area contributed by atoms with Crippen LogP contribution in [0.5, 0.6) is 0 Å². The second kappa shape index (κ2) is 6.11. The number of halogens is 4. The first-order chi connectivity index (χ1) is 9.43. The van der Waals surface area contributed by atoms with Crippen molar-refractivity contribution >= 4 is 51.9 Å². The van der Waals surface area contributed by atoms with Gasteiger partial charge in [0.2, 0.25) is 0 Å². The van der Waals surface area contributed by atoms with Gasteiger partial charge in [0.15, 0.2) is 5.78 Å². The maximum absolute atomic E-state index is 13.0. The van der Waals surface area contributed by atoms with Gasteiger partial charge in [-0.2, -0.15) is 5.26 Å². The molecule has 20 heavy (non-hydrogen) atoms. The van der Waals surface area contributed by atoms with Crippen LogP contribution in [0.25, 0.3) is 0 Å². The van der Waals surface area contributed by atoms with Crippen molar-refractivity contribution in [3.05, 3.63) is 54.9 Å². The van der Waals surface area contributed by atoms with Crippen LogP contribution in [-0.4, -0.2) is 5.78 Å². The van der Waals surface area contributed by atoms with Crippen LogP contribution in [0.15, 0.2) is 24.3 Å². The standard InChI is InChI=1S/C13H5Cl3FNOS/c14-10-3-6(17)1-2-7(10)9(5-18)12(19)8-4-11(15)20-13(8)16/h1-4,9H. The Hall–Kier alpha value is -1.12. The van der Waals surface area contributed by atoms with Crippen LogP contribution in [0.4, 0.5) is 4.39 Å². The number of nitrogens with zero attached hydrogens (tertiary/aromatic N) is 1. The fourth-order valence-corrected chi connectivity index (χ4v) is 3.42. The highest BCUT2D eigenvalue weighted by atomic mass is 35.5. The minimum Gasteiger partial charge on any atom is -0.292 e. The molecule has 0 spiro atoms. The quantitative estimate of drug-likeness (QED) is 0.703. The molecule has 0 N–H and O–H groups in total. The number of carbonyl (C=O) groups excluding carboxylic acids is 1. The van der Waals surface area contributed by atoms with Crippen LogP contribution in [0, 0.1) is 17.1 Å². The SMILES string of the molecule is N#CC(C(=O)c1cc(Cl)sc1Cl)c1ccc(F)cc1Cl. The van der Waals surface area contributed by atoms with Gasteiger partial charge in [0.05, 0.1) is 16.0 Å². The number of Topliss-reactive ketones (excluding diaryl/α,β-unsaturated/α-hetero) is 1. The molecule has 0 amide bonds. The summed E-state index contributed by atoms with van der Waals surface area (Å²) in [7, 11) is 0. The lowest BCUT2D eigenvalue weighted by atomic mass is 9.93. The molecule has 0 aliphatic carbocycles. The van der Waals surface area contributed by atoms with Gasteiger partial charge in [0, 0.05) is 5.02 Å². The van der Waals surface area contributed by atoms with E-state index in [4.69, 9.17) is 34.8 Å². The number of benzene rings is 1. The number of thiophene rings is 1. The van der Waals surface area contributed by atoms with Crippen LogP contribution in [-0.2, 0) is 0 Å². The molecule has 0 radical (unpaired) electrons. The summed E-state index contributed by atoms with van der Waals surface area (Å²) in [5.74, 6) is -2.22. The molecule has 1 aromatic carbocycles. The Balaban J connectivity index is 2.45. The van der Waals surface area contributed by atoms with Crippen molar-refractivity contribution in [2.45, 2.75) is 5.92 Å². The van der Waals surface area contributed by atoms with Crippen molar-refractivity contribution in [2.75, 3.05) is 0 Å². The second-order valence-electron chi connectivity index (χ2n) is 3.83. The molecule has 0 bridgehead atoms. The predicted octanol–water partition coefficient (Wildman–Crippen LogP) is 5.34. The third kappa shape index (κ3) is 2.97. The van der Waals surface area contributed by atoms with Gasteiger partial charge < -0.3 is 0 Å². The van der Waals surface area contributed by atoms with Gasteiger partial charge in [0.1, 0.15) is 16.1 Å². The number of hydrogen-bond donors (Lipinski definition) is 0. The van der Waals surface area contributed by atoms with Gasteiger partial charge in [-0.1, -0.05) is 40.9 Å². The van der Waals surface area contributed by atoms with E-state index in [0.29, 0.717) is 4.34 Å². The number of nitriles is 1. The molecule has 2 nitrogen and oxygen atoms in total. The molecule has 7 heteroatoms. The third-order valence-electron chi connectivity index (χ3n) is 2.59. The minimum atomic E-state index is -1.16. The topological polar surface area (TPSA) is 40.9 Å². The van der Waals surface area contributed by atoms with Gasteiger partial charge in [-0.3, -0.25) is 4.79 Å². The van der Waals surface area contributed by atoms with E-state index in [1.165, 1.54) is 12.1 Å². The molecule has 0 saturated heterocycles. The molecular formula is C13H5Cl3FNOS. The highest BCUT2D eigenvalue weighted by molar-refractivity contribution is 7.20. The molecule has 0 saturated carbocycles. The second-order valence-corrected chi connectivity index (χ2v) is 6.52. The molecule has 0 aliphatic heterocycles. The van der Waals surface area contributed by atoms with Crippen LogP contribution in [0.3, 0.4) is 0 Å². The zero-order valence-electron chi connectivity index (χ0n) is 9.66. The summed E-state index contributed by atoms with van der Waals surface area (Å²) in [6.45, 7) is 0. The molecular weight excluding hydrogens is 344 g/mol. The number of ketones is 1. The summed E-state index contributed by atoms with van der Waals surface area (Å²) >= 11 is 18.6. The lowest BCUT2D eigenvalue weighted by Gasteiger charge is -2.10. The Morgan fingerprint density at radius 2 is 2.00 bits per heavy atom. The Morgan fingerprint density at radius 3 is 2.50 bits per heavy atom. The summed E-state index contributed by atoms with van der Waals surface area (Å²) < 4.78 is 13.6. The van der Waals surface area contributed by atoms with Crippen LogP contribution < -0.4 is 0 Å². The Bertz CT molecular complexity index is 723. The van der Waals surface area contributed by atoms with E-state index in [1.807, 2.05) is 6.07 Å². The van der Waals surface area contributed by atoms with Crippen LogP contribution >= 0.6 is 46.1 Å². The lowest BCUT2D eigenvalue weighted by molar-refractivity contribution is 0.0979. The first kappa shape index (κ1) is 15.3. The first-order valence-electron chi connectivity index (χ1n) is 5.27. The van der Waals surface area contributed by atoms with E-state index in [0.717, 1.165) is 23.5 Å². The molecule has 102 valence electrons. The fraction of sp³-hybridized carbons (Fsp3) is 0.0769. The summed E-state index contributed by atoms with van der Waals surface area (Å²) in [5.41, 5.74) is 0.396. The molecule has 1 heterocycles. The molecule has 1 aromatic heterocycles. The minimum absolute atomic E-state index is 0.0161. The lowest BCUT2D eigenvalue weighted by Crippen LogP contribution is -2.11. The van der Waals surface area contributed by atoms with Crippen molar-refractivity contribution in [3.63, 3.8) is 0 Å². The van der Waals surface area contributed by atoms with Crippen molar-refractivity contribution in [1.82, 2.24) is 0 Å². The van der Waals surface area contributed by atoms with E-state index in [9.17, 15) is 14.4 Å². The molecule has 0 aliphatic rings. The average molecular weight is 349 g/mol. The first-order valence-corrected chi connectivity index (χ1v) is 7.22. The van der Waals surface area contributed by atoms with E-state index < -0.39 is 17.5 Å². The number of rotatable bonds is 3. The normalized spacial score (nSPS) is 11.9. The summed E-state index contributed by atoms with van der Waals surface area (Å²) in [6, 6.07) is 6.76. The highest BCUT2D eigenvalue weighted by Gasteiger charge is 2.27. The maximum atomic E-state index is 13.0. The van der Waals surface area contributed by atoms with Crippen LogP contribution in [0.1, 0.15) is 21.8 Å². The van der Waals surface area contributed by atoms with E-state index in [2.05, 4.69) is 0 Å². The van der Waals surface area contributed by atoms with E-state index in [-0.39, 0.29) is 20.5 Å². The van der Waals surface area contributed by atoms with E-state index >= 15 is 0 Å². The highest BCUT2D eigenvalue weighted by Crippen LogP contribution is 2.35. The van der Waals surface area contributed by atoms with Gasteiger partial charge in [-0.15, -0.1) is 11.3 Å². The van der Waals surface area contributed by atoms with E-state index in [1.54, 1.807) is 0 Å². The van der Waals surface area contributed by atoms with Gasteiger partial charge in [0.25, 0.3) is 0 Å². The van der Waals surface area contributed by atoms with Crippen molar-refractivity contribution in [3.8, 4) is 6.07 Å².